The summed E-state index contributed by atoms with van der Waals surface area (Å²) in [6.45, 7) is 0.804. The van der Waals surface area contributed by atoms with Gasteiger partial charge >= 0.3 is 0 Å². The van der Waals surface area contributed by atoms with E-state index in [1.165, 1.54) is 11.8 Å². The number of hydrogen-bond acceptors (Lipinski definition) is 3. The number of anilines is 1. The summed E-state index contributed by atoms with van der Waals surface area (Å²) in [5, 5.41) is 1.13. The molecule has 4 nitrogen and oxygen atoms in total. The van der Waals surface area contributed by atoms with Gasteiger partial charge in [-0.15, -0.1) is 11.8 Å². The largest absolute Gasteiger partial charge is 0.311 e. The third-order valence-corrected chi connectivity index (χ3v) is 7.73. The fourth-order valence-corrected chi connectivity index (χ4v) is 6.10. The lowest BCUT2D eigenvalue weighted by Crippen LogP contribution is -2.50. The van der Waals surface area contributed by atoms with Gasteiger partial charge in [-0.05, 0) is 42.0 Å². The highest BCUT2D eigenvalue weighted by Crippen LogP contribution is 2.55. The average molecular weight is 469 g/mol. The summed E-state index contributed by atoms with van der Waals surface area (Å²) in [5.74, 6) is 0.358. The van der Waals surface area contributed by atoms with E-state index in [0.717, 1.165) is 16.8 Å². The van der Waals surface area contributed by atoms with Gasteiger partial charge in [-0.3, -0.25) is 9.59 Å². The third-order valence-electron chi connectivity index (χ3n) is 5.71. The first-order valence-corrected chi connectivity index (χ1v) is 11.6. The van der Waals surface area contributed by atoms with E-state index < -0.39 is 4.87 Å². The highest BCUT2D eigenvalue weighted by Gasteiger charge is 2.59. The molecule has 2 aliphatic rings. The number of halogens is 2. The van der Waals surface area contributed by atoms with Gasteiger partial charge in [-0.1, -0.05) is 59.6 Å². The number of hydrogen-bond donors (Lipinski definition) is 0. The molecule has 2 heterocycles. The molecule has 31 heavy (non-hydrogen) atoms. The Morgan fingerprint density at radius 2 is 1.74 bits per heavy atom. The number of amides is 2. The molecule has 1 saturated heterocycles. The summed E-state index contributed by atoms with van der Waals surface area (Å²) in [6.07, 6.45) is 0. The maximum Gasteiger partial charge on any atom is 0.268 e. The molecule has 1 atom stereocenters. The zero-order valence-corrected chi connectivity index (χ0v) is 18.8. The maximum atomic E-state index is 14.0. The SMILES string of the molecule is O=C(c1ccccc1)N1CCS[C@]12C(=O)N(Cc1ccccc1Cl)c1ccc(Cl)cc12. The van der Waals surface area contributed by atoms with E-state index >= 15 is 0 Å². The van der Waals surface area contributed by atoms with Gasteiger partial charge in [0, 0.05) is 33.5 Å². The molecule has 1 spiro atoms. The first-order chi connectivity index (χ1) is 15.0. The van der Waals surface area contributed by atoms with E-state index in [1.54, 1.807) is 28.0 Å². The highest BCUT2D eigenvalue weighted by molar-refractivity contribution is 8.01. The summed E-state index contributed by atoms with van der Waals surface area (Å²) in [5.41, 5.74) is 2.92. The van der Waals surface area contributed by atoms with Crippen molar-refractivity contribution in [2.45, 2.75) is 11.4 Å². The molecule has 2 amide bonds. The third kappa shape index (κ3) is 3.23. The molecular formula is C24H18Cl2N2O2S. The molecule has 5 rings (SSSR count). The van der Waals surface area contributed by atoms with Crippen molar-refractivity contribution in [1.82, 2.24) is 4.90 Å². The molecule has 2 aliphatic heterocycles. The van der Waals surface area contributed by atoms with Crippen LogP contribution in [-0.2, 0) is 16.2 Å². The summed E-state index contributed by atoms with van der Waals surface area (Å²) in [6, 6.07) is 22.0. The molecule has 0 radical (unpaired) electrons. The predicted octanol–water partition coefficient (Wildman–Crippen LogP) is 5.58. The minimum Gasteiger partial charge on any atom is -0.311 e. The minimum absolute atomic E-state index is 0.142. The molecule has 1 fully saturated rings. The molecule has 0 saturated carbocycles. The zero-order valence-electron chi connectivity index (χ0n) is 16.4. The normalized spacial score (nSPS) is 19.9. The Labute approximate surface area is 194 Å². The van der Waals surface area contributed by atoms with Crippen LogP contribution in [0, 0.1) is 0 Å². The molecule has 7 heteroatoms. The van der Waals surface area contributed by atoms with Crippen molar-refractivity contribution in [3.8, 4) is 0 Å². The van der Waals surface area contributed by atoms with Crippen LogP contribution in [-0.4, -0.2) is 29.0 Å². The second kappa shape index (κ2) is 7.90. The van der Waals surface area contributed by atoms with Crippen LogP contribution < -0.4 is 4.90 Å². The monoisotopic (exact) mass is 468 g/mol. The molecule has 0 bridgehead atoms. The van der Waals surface area contributed by atoms with E-state index in [9.17, 15) is 9.59 Å². The summed E-state index contributed by atoms with van der Waals surface area (Å²) in [4.78, 5) is 29.7. The summed E-state index contributed by atoms with van der Waals surface area (Å²) < 4.78 is 0. The van der Waals surface area contributed by atoms with E-state index in [0.29, 0.717) is 34.5 Å². The van der Waals surface area contributed by atoms with Crippen molar-refractivity contribution < 1.29 is 9.59 Å². The van der Waals surface area contributed by atoms with Crippen molar-refractivity contribution in [1.29, 1.82) is 0 Å². The number of fused-ring (bicyclic) bond motifs is 2. The first-order valence-electron chi connectivity index (χ1n) is 9.89. The number of carbonyl (C=O) groups excluding carboxylic acids is 2. The number of benzene rings is 3. The van der Waals surface area contributed by atoms with Crippen LogP contribution in [0.3, 0.4) is 0 Å². The van der Waals surface area contributed by atoms with E-state index in [2.05, 4.69) is 0 Å². The Kier molecular flexibility index (Phi) is 5.21. The van der Waals surface area contributed by atoms with Crippen LogP contribution in [0.15, 0.2) is 72.8 Å². The van der Waals surface area contributed by atoms with Crippen molar-refractivity contribution in [3.63, 3.8) is 0 Å². The summed E-state index contributed by atoms with van der Waals surface area (Å²) in [7, 11) is 0. The van der Waals surface area contributed by atoms with Crippen LogP contribution >= 0.6 is 35.0 Å². The number of nitrogens with zero attached hydrogens (tertiary/aromatic N) is 2. The van der Waals surface area contributed by atoms with Crippen molar-refractivity contribution in [3.05, 3.63) is 99.5 Å². The fraction of sp³-hybridized carbons (Fsp3) is 0.167. The standard InChI is InChI=1S/C24H18Cl2N2O2S/c25-18-10-11-21-19(14-18)24(23(30)27(21)15-17-8-4-5-9-20(17)26)28(12-13-31-24)22(29)16-6-2-1-3-7-16/h1-11,14H,12-13,15H2/t24-/m1/s1. The zero-order chi connectivity index (χ0) is 21.6. The van der Waals surface area contributed by atoms with E-state index in [4.69, 9.17) is 23.2 Å². The van der Waals surface area contributed by atoms with Gasteiger partial charge < -0.3 is 9.80 Å². The Balaban J connectivity index is 1.62. The maximum absolute atomic E-state index is 14.0. The Morgan fingerprint density at radius 1 is 1.00 bits per heavy atom. The van der Waals surface area contributed by atoms with Gasteiger partial charge in [0.05, 0.1) is 12.2 Å². The average Bonchev–Trinajstić information content (AvgIpc) is 3.32. The number of carbonyl (C=O) groups is 2. The Morgan fingerprint density at radius 3 is 2.52 bits per heavy atom. The van der Waals surface area contributed by atoms with Gasteiger partial charge in [0.25, 0.3) is 11.8 Å². The Hall–Kier alpha value is -2.47. The molecule has 0 aromatic heterocycles. The van der Waals surface area contributed by atoms with Crippen LogP contribution in [0.4, 0.5) is 5.69 Å². The number of rotatable bonds is 3. The second-order valence-electron chi connectivity index (χ2n) is 7.46. The Bertz CT molecular complexity index is 1190. The van der Waals surface area contributed by atoms with Crippen LogP contribution in [0.5, 0.6) is 0 Å². The van der Waals surface area contributed by atoms with Crippen molar-refractivity contribution in [2.24, 2.45) is 0 Å². The first kappa shape index (κ1) is 20.4. The quantitative estimate of drug-likeness (QED) is 0.503. The molecule has 0 N–H and O–H groups in total. The predicted molar refractivity (Wildman–Crippen MR) is 126 cm³/mol. The van der Waals surface area contributed by atoms with Gasteiger partial charge in [-0.25, -0.2) is 0 Å². The van der Waals surface area contributed by atoms with Crippen LogP contribution in [0.25, 0.3) is 0 Å². The van der Waals surface area contributed by atoms with E-state index in [-0.39, 0.29) is 11.8 Å². The van der Waals surface area contributed by atoms with Crippen LogP contribution in [0.1, 0.15) is 21.5 Å². The lowest BCUT2D eigenvalue weighted by atomic mass is 10.0. The lowest BCUT2D eigenvalue weighted by molar-refractivity contribution is -0.123. The topological polar surface area (TPSA) is 40.6 Å². The molecule has 0 unspecified atom stereocenters. The smallest absolute Gasteiger partial charge is 0.268 e. The van der Waals surface area contributed by atoms with Crippen molar-refractivity contribution >= 4 is 52.5 Å². The molecule has 156 valence electrons. The molecule has 3 aromatic rings. The molecule has 3 aromatic carbocycles. The van der Waals surface area contributed by atoms with Gasteiger partial charge in [0.2, 0.25) is 0 Å². The minimum atomic E-state index is -1.13. The summed E-state index contributed by atoms with van der Waals surface area (Å²) >= 11 is 14.2. The molecular weight excluding hydrogens is 451 g/mol. The van der Waals surface area contributed by atoms with Gasteiger partial charge in [0.1, 0.15) is 0 Å². The van der Waals surface area contributed by atoms with Crippen molar-refractivity contribution in [2.75, 3.05) is 17.2 Å². The number of thioether (sulfide) groups is 1. The van der Waals surface area contributed by atoms with E-state index in [1.807, 2.05) is 54.6 Å². The second-order valence-corrected chi connectivity index (χ2v) is 9.59. The van der Waals surface area contributed by atoms with Gasteiger partial charge in [0.15, 0.2) is 4.87 Å². The van der Waals surface area contributed by atoms with Crippen LogP contribution in [0.2, 0.25) is 10.0 Å². The molecule has 0 aliphatic carbocycles. The highest BCUT2D eigenvalue weighted by atomic mass is 35.5. The van der Waals surface area contributed by atoms with Gasteiger partial charge in [-0.2, -0.15) is 0 Å². The fourth-order valence-electron chi connectivity index (χ4n) is 4.28. The lowest BCUT2D eigenvalue weighted by Gasteiger charge is -2.33.